The number of fused-ring (bicyclic) bond motifs is 2. The van der Waals surface area contributed by atoms with Crippen LogP contribution in [-0.4, -0.2) is 89.8 Å². The second-order valence-corrected chi connectivity index (χ2v) is 9.39. The molecule has 1 saturated heterocycles. The molecule has 7 nitrogen and oxygen atoms in total. The van der Waals surface area contributed by atoms with Gasteiger partial charge in [0.15, 0.2) is 5.96 Å². The molecule has 2 bridgehead atoms. The number of hydrogen-bond acceptors (Lipinski definition) is 4. The van der Waals surface area contributed by atoms with Gasteiger partial charge in [0, 0.05) is 57.6 Å². The van der Waals surface area contributed by atoms with E-state index in [1.807, 2.05) is 17.9 Å². The Labute approximate surface area is 199 Å². The number of rotatable bonds is 6. The Morgan fingerprint density at radius 1 is 1.23 bits per heavy atom. The molecule has 30 heavy (non-hydrogen) atoms. The predicted molar refractivity (Wildman–Crippen MR) is 133 cm³/mol. The molecule has 0 spiro atoms. The lowest BCUT2D eigenvalue weighted by atomic mass is 9.93. The highest BCUT2D eigenvalue weighted by atomic mass is 127. The lowest BCUT2D eigenvalue weighted by molar-refractivity contribution is 0.0957. The van der Waals surface area contributed by atoms with Crippen molar-refractivity contribution < 1.29 is 0 Å². The van der Waals surface area contributed by atoms with Crippen molar-refractivity contribution in [3.8, 4) is 0 Å². The van der Waals surface area contributed by atoms with Crippen LogP contribution in [0.3, 0.4) is 0 Å². The molecule has 1 aromatic heterocycles. The molecule has 3 aliphatic rings. The molecule has 0 radical (unpaired) electrons. The van der Waals surface area contributed by atoms with Crippen LogP contribution in [-0.2, 0) is 7.05 Å². The van der Waals surface area contributed by atoms with Crippen LogP contribution in [0.4, 0.5) is 0 Å². The highest BCUT2D eigenvalue weighted by Crippen LogP contribution is 2.46. The SMILES string of the molecule is CCNC(=NCC(c1cnn(C)c1)N(C)C)N1CCN(C2CC3CCC2C3)CC1.I. The number of piperazine rings is 1. The van der Waals surface area contributed by atoms with Gasteiger partial charge in [-0.3, -0.25) is 14.6 Å². The largest absolute Gasteiger partial charge is 0.357 e. The molecule has 4 rings (SSSR count). The molecule has 4 unspecified atom stereocenters. The third-order valence-corrected chi connectivity index (χ3v) is 7.27. The van der Waals surface area contributed by atoms with Crippen molar-refractivity contribution in [3.63, 3.8) is 0 Å². The van der Waals surface area contributed by atoms with E-state index in [0.717, 1.165) is 50.0 Å². The summed E-state index contributed by atoms with van der Waals surface area (Å²) in [6.07, 6.45) is 9.97. The van der Waals surface area contributed by atoms with Crippen molar-refractivity contribution in [2.75, 3.05) is 53.4 Å². The summed E-state index contributed by atoms with van der Waals surface area (Å²) in [4.78, 5) is 12.5. The van der Waals surface area contributed by atoms with E-state index in [1.54, 1.807) is 0 Å². The third kappa shape index (κ3) is 5.30. The zero-order valence-electron chi connectivity index (χ0n) is 19.1. The summed E-state index contributed by atoms with van der Waals surface area (Å²) < 4.78 is 1.87. The first-order valence-corrected chi connectivity index (χ1v) is 11.5. The molecule has 2 saturated carbocycles. The minimum atomic E-state index is 0. The molecule has 1 N–H and O–H groups in total. The van der Waals surface area contributed by atoms with Crippen LogP contribution in [0, 0.1) is 11.8 Å². The van der Waals surface area contributed by atoms with Crippen LogP contribution >= 0.6 is 24.0 Å². The first kappa shape index (κ1) is 23.8. The van der Waals surface area contributed by atoms with E-state index in [1.165, 1.54) is 44.3 Å². The molecule has 1 aliphatic heterocycles. The van der Waals surface area contributed by atoms with E-state index < -0.39 is 0 Å². The minimum absolute atomic E-state index is 0. The van der Waals surface area contributed by atoms with Gasteiger partial charge in [0.1, 0.15) is 0 Å². The van der Waals surface area contributed by atoms with Crippen LogP contribution in [0.5, 0.6) is 0 Å². The molecule has 170 valence electrons. The lowest BCUT2D eigenvalue weighted by Crippen LogP contribution is -2.55. The number of hydrogen-bond donors (Lipinski definition) is 1. The monoisotopic (exact) mass is 529 g/mol. The fourth-order valence-corrected chi connectivity index (χ4v) is 5.70. The Kier molecular flexibility index (Phi) is 8.43. The third-order valence-electron chi connectivity index (χ3n) is 7.27. The summed E-state index contributed by atoms with van der Waals surface area (Å²) in [5, 5.41) is 7.88. The zero-order valence-corrected chi connectivity index (χ0v) is 21.5. The fourth-order valence-electron chi connectivity index (χ4n) is 5.70. The summed E-state index contributed by atoms with van der Waals surface area (Å²) in [5.41, 5.74) is 1.22. The zero-order chi connectivity index (χ0) is 20.4. The van der Waals surface area contributed by atoms with Gasteiger partial charge >= 0.3 is 0 Å². The summed E-state index contributed by atoms with van der Waals surface area (Å²) in [6.45, 7) is 8.33. The quantitative estimate of drug-likeness (QED) is 0.349. The molecule has 8 heteroatoms. The average molecular weight is 530 g/mol. The fraction of sp³-hybridized carbons (Fsp3) is 0.818. The van der Waals surface area contributed by atoms with E-state index >= 15 is 0 Å². The highest BCUT2D eigenvalue weighted by Gasteiger charge is 2.42. The van der Waals surface area contributed by atoms with Crippen molar-refractivity contribution in [3.05, 3.63) is 18.0 Å². The summed E-state index contributed by atoms with van der Waals surface area (Å²) >= 11 is 0. The number of aryl methyl sites for hydroxylation is 1. The lowest BCUT2D eigenvalue weighted by Gasteiger charge is -2.42. The van der Waals surface area contributed by atoms with E-state index in [9.17, 15) is 0 Å². The molecule has 2 aliphatic carbocycles. The molecule has 1 aromatic rings. The number of guanidine groups is 1. The van der Waals surface area contributed by atoms with Crippen LogP contribution in [0.15, 0.2) is 17.4 Å². The van der Waals surface area contributed by atoms with Crippen molar-refractivity contribution in [1.82, 2.24) is 29.8 Å². The van der Waals surface area contributed by atoms with E-state index in [0.29, 0.717) is 0 Å². The Balaban J connectivity index is 0.00000256. The molecule has 2 heterocycles. The second kappa shape index (κ2) is 10.6. The Bertz CT molecular complexity index is 695. The number of aliphatic imine (C=N–C) groups is 1. The Morgan fingerprint density at radius 3 is 2.53 bits per heavy atom. The van der Waals surface area contributed by atoms with Crippen molar-refractivity contribution >= 4 is 29.9 Å². The van der Waals surface area contributed by atoms with Gasteiger partial charge in [-0.05, 0) is 52.1 Å². The van der Waals surface area contributed by atoms with Crippen molar-refractivity contribution in [1.29, 1.82) is 0 Å². The number of halogens is 1. The number of likely N-dealkylation sites (N-methyl/N-ethyl adjacent to an activating group) is 1. The summed E-state index contributed by atoms with van der Waals surface area (Å²) in [5.74, 6) is 3.07. The van der Waals surface area contributed by atoms with Crippen molar-refractivity contribution in [2.45, 2.75) is 44.7 Å². The molecule has 0 aromatic carbocycles. The maximum atomic E-state index is 5.04. The van der Waals surface area contributed by atoms with Gasteiger partial charge in [-0.1, -0.05) is 6.42 Å². The first-order valence-electron chi connectivity index (χ1n) is 11.5. The Hall–Kier alpha value is -0.870. The van der Waals surface area contributed by atoms with Gasteiger partial charge in [-0.2, -0.15) is 5.10 Å². The topological polar surface area (TPSA) is 51.9 Å². The van der Waals surface area contributed by atoms with Crippen LogP contribution < -0.4 is 5.32 Å². The summed E-state index contributed by atoms with van der Waals surface area (Å²) in [7, 11) is 6.21. The smallest absolute Gasteiger partial charge is 0.194 e. The van der Waals surface area contributed by atoms with Gasteiger partial charge in [-0.15, -0.1) is 24.0 Å². The second-order valence-electron chi connectivity index (χ2n) is 9.39. The van der Waals surface area contributed by atoms with Gasteiger partial charge in [0.05, 0.1) is 18.8 Å². The molecule has 0 amide bonds. The van der Waals surface area contributed by atoms with Crippen LogP contribution in [0.25, 0.3) is 0 Å². The van der Waals surface area contributed by atoms with Gasteiger partial charge < -0.3 is 15.1 Å². The van der Waals surface area contributed by atoms with Crippen LogP contribution in [0.2, 0.25) is 0 Å². The van der Waals surface area contributed by atoms with E-state index in [-0.39, 0.29) is 30.0 Å². The first-order chi connectivity index (χ1) is 14.0. The standard InChI is InChI=1S/C22H39N7.HI/c1-5-23-22(24-15-21(26(2)3)19-14-25-27(4)16-19)29-10-8-28(9-11-29)20-13-17-6-7-18(20)12-17;/h14,16-18,20-21H,5-13,15H2,1-4H3,(H,23,24);1H. The molecular formula is C22H40IN7. The Morgan fingerprint density at radius 2 is 2.00 bits per heavy atom. The van der Waals surface area contributed by atoms with Crippen LogP contribution in [0.1, 0.15) is 44.2 Å². The normalized spacial score (nSPS) is 28.1. The number of nitrogens with one attached hydrogen (secondary N) is 1. The highest BCUT2D eigenvalue weighted by molar-refractivity contribution is 14.0. The van der Waals surface area contributed by atoms with Crippen molar-refractivity contribution in [2.24, 2.45) is 23.9 Å². The predicted octanol–water partition coefficient (Wildman–Crippen LogP) is 2.41. The molecule has 3 fully saturated rings. The molecule has 4 atom stereocenters. The van der Waals surface area contributed by atoms with E-state index in [2.05, 4.69) is 52.3 Å². The van der Waals surface area contributed by atoms with Gasteiger partial charge in [0.2, 0.25) is 0 Å². The summed E-state index contributed by atoms with van der Waals surface area (Å²) in [6, 6.07) is 1.10. The maximum absolute atomic E-state index is 5.04. The van der Waals surface area contributed by atoms with Gasteiger partial charge in [0.25, 0.3) is 0 Å². The number of aromatic nitrogens is 2. The minimum Gasteiger partial charge on any atom is -0.357 e. The molecular weight excluding hydrogens is 489 g/mol. The number of nitrogens with zero attached hydrogens (tertiary/aromatic N) is 6. The maximum Gasteiger partial charge on any atom is 0.194 e. The van der Waals surface area contributed by atoms with E-state index in [4.69, 9.17) is 4.99 Å². The average Bonchev–Trinajstić information content (AvgIpc) is 3.45. The van der Waals surface area contributed by atoms with Gasteiger partial charge in [-0.25, -0.2) is 0 Å².